The van der Waals surface area contributed by atoms with E-state index in [0.29, 0.717) is 6.21 Å². The molecule has 0 saturated carbocycles. The molecule has 1 rings (SSSR count). The van der Waals surface area contributed by atoms with Gasteiger partial charge in [-0.1, -0.05) is 30.3 Å². The second-order valence-corrected chi connectivity index (χ2v) is 3.36. The van der Waals surface area contributed by atoms with Crippen LogP contribution in [-0.4, -0.2) is 29.8 Å². The monoisotopic (exact) mass is 270 g/mol. The first-order valence-corrected chi connectivity index (χ1v) is 5.12. The molecule has 4 nitrogen and oxygen atoms in total. The summed E-state index contributed by atoms with van der Waals surface area (Å²) in [6.45, 7) is -0.575. The van der Waals surface area contributed by atoms with Gasteiger partial charge < -0.3 is 10.3 Å². The Morgan fingerprint density at radius 1 is 1.32 bits per heavy atom. The van der Waals surface area contributed by atoms with Crippen LogP contribution < -0.4 is 0 Å². The third-order valence-corrected chi connectivity index (χ3v) is 2.07. The largest absolute Gasteiger partial charge is 0.453 e. The van der Waals surface area contributed by atoms with Gasteiger partial charge in [0.05, 0.1) is 5.57 Å². The van der Waals surface area contributed by atoms with Gasteiger partial charge in [-0.3, -0.25) is 0 Å². The summed E-state index contributed by atoms with van der Waals surface area (Å²) in [6.07, 6.45) is -3.36. The van der Waals surface area contributed by atoms with Crippen LogP contribution >= 0.6 is 0 Å². The van der Waals surface area contributed by atoms with Crippen molar-refractivity contribution in [3.63, 3.8) is 0 Å². The molecular formula is C12H9F3N2O2. The molecule has 0 aliphatic carbocycles. The summed E-state index contributed by atoms with van der Waals surface area (Å²) in [5.74, 6) is -1.03. The van der Waals surface area contributed by atoms with E-state index in [-0.39, 0.29) is 5.56 Å². The number of hydrogen-bond acceptors (Lipinski definition) is 2. The maximum Gasteiger partial charge on any atom is 0.416 e. The van der Waals surface area contributed by atoms with Gasteiger partial charge in [0.25, 0.3) is 0 Å². The van der Waals surface area contributed by atoms with Crippen molar-refractivity contribution < 1.29 is 27.5 Å². The van der Waals surface area contributed by atoms with E-state index in [1.165, 1.54) is 24.3 Å². The van der Waals surface area contributed by atoms with Gasteiger partial charge in [-0.15, -0.1) is 0 Å². The van der Waals surface area contributed by atoms with E-state index in [1.807, 2.05) is 0 Å². The standard InChI is InChI=1S/C12H9F3N2O2/c13-12(14,15)10(9-4-2-1-3-5-9)6-7-19-11(18)8-17-16/h1-6,8H,7H2/b10-6+. The van der Waals surface area contributed by atoms with E-state index in [4.69, 9.17) is 5.53 Å². The predicted octanol–water partition coefficient (Wildman–Crippen LogP) is 2.48. The zero-order valence-electron chi connectivity index (χ0n) is 9.59. The van der Waals surface area contributed by atoms with E-state index in [0.717, 1.165) is 6.08 Å². The first-order chi connectivity index (χ1) is 8.95. The van der Waals surface area contributed by atoms with Crippen LogP contribution in [0.3, 0.4) is 0 Å². The SMILES string of the molecule is [N-]=[N+]=CC(=O)OC/C=C(\c1ccccc1)C(F)(F)F. The Bertz CT molecular complexity index is 518. The summed E-state index contributed by atoms with van der Waals surface area (Å²) in [7, 11) is 0. The molecule has 0 atom stereocenters. The van der Waals surface area contributed by atoms with Crippen molar-refractivity contribution in [3.8, 4) is 0 Å². The van der Waals surface area contributed by atoms with Gasteiger partial charge in [0.15, 0.2) is 0 Å². The highest BCUT2D eigenvalue weighted by Crippen LogP contribution is 2.33. The molecule has 0 heterocycles. The topological polar surface area (TPSA) is 62.7 Å². The lowest BCUT2D eigenvalue weighted by molar-refractivity contribution is -0.137. The first-order valence-electron chi connectivity index (χ1n) is 5.12. The lowest BCUT2D eigenvalue weighted by Gasteiger charge is -2.11. The maximum atomic E-state index is 12.8. The molecule has 100 valence electrons. The van der Waals surface area contributed by atoms with Gasteiger partial charge in [0.1, 0.15) is 6.61 Å². The molecule has 0 amide bonds. The van der Waals surface area contributed by atoms with Crippen molar-refractivity contribution >= 4 is 17.8 Å². The molecule has 7 heteroatoms. The Morgan fingerprint density at radius 2 is 1.95 bits per heavy atom. The van der Waals surface area contributed by atoms with Crippen LogP contribution in [0.5, 0.6) is 0 Å². The maximum absolute atomic E-state index is 12.8. The molecular weight excluding hydrogens is 261 g/mol. The van der Waals surface area contributed by atoms with Crippen molar-refractivity contribution in [2.75, 3.05) is 6.61 Å². The number of alkyl halides is 3. The first kappa shape index (κ1) is 14.7. The minimum atomic E-state index is -4.56. The number of hydrogen-bond donors (Lipinski definition) is 0. The van der Waals surface area contributed by atoms with Crippen LogP contribution in [0.15, 0.2) is 36.4 Å². The summed E-state index contributed by atoms with van der Waals surface area (Å²) in [5.41, 5.74) is 7.10. The average molecular weight is 270 g/mol. The Kier molecular flexibility index (Phi) is 5.02. The van der Waals surface area contributed by atoms with Gasteiger partial charge in [-0.2, -0.15) is 18.0 Å². The molecule has 0 spiro atoms. The fourth-order valence-electron chi connectivity index (χ4n) is 1.31. The highest BCUT2D eigenvalue weighted by atomic mass is 19.4. The quantitative estimate of drug-likeness (QED) is 0.365. The summed E-state index contributed by atoms with van der Waals surface area (Å²) >= 11 is 0. The summed E-state index contributed by atoms with van der Waals surface area (Å²) in [6, 6.07) is 7.14. The molecule has 0 aromatic heterocycles. The second kappa shape index (κ2) is 6.51. The normalized spacial score (nSPS) is 11.6. The number of ether oxygens (including phenoxy) is 1. The molecule has 0 N–H and O–H groups in total. The molecule has 1 aromatic carbocycles. The Morgan fingerprint density at radius 3 is 2.47 bits per heavy atom. The van der Waals surface area contributed by atoms with Crippen LogP contribution in [0.2, 0.25) is 0 Å². The molecule has 0 aliphatic rings. The Hall–Kier alpha value is -2.40. The Labute approximate surface area is 106 Å². The fraction of sp³-hybridized carbons (Fsp3) is 0.167. The van der Waals surface area contributed by atoms with E-state index < -0.39 is 24.3 Å². The highest BCUT2D eigenvalue weighted by Gasteiger charge is 2.34. The van der Waals surface area contributed by atoms with E-state index >= 15 is 0 Å². The van der Waals surface area contributed by atoms with Crippen LogP contribution in [0.25, 0.3) is 11.1 Å². The molecule has 0 unspecified atom stereocenters. The summed E-state index contributed by atoms with van der Waals surface area (Å²) < 4.78 is 42.8. The smallest absolute Gasteiger partial charge is 0.416 e. The second-order valence-electron chi connectivity index (χ2n) is 3.36. The highest BCUT2D eigenvalue weighted by molar-refractivity contribution is 6.20. The van der Waals surface area contributed by atoms with Gasteiger partial charge in [0.2, 0.25) is 0 Å². The van der Waals surface area contributed by atoms with Crippen molar-refractivity contribution in [2.24, 2.45) is 0 Å². The molecule has 0 radical (unpaired) electrons. The third kappa shape index (κ3) is 4.77. The van der Waals surface area contributed by atoms with Crippen molar-refractivity contribution in [2.45, 2.75) is 6.18 Å². The van der Waals surface area contributed by atoms with E-state index in [2.05, 4.69) is 9.53 Å². The van der Waals surface area contributed by atoms with Crippen molar-refractivity contribution in [1.29, 1.82) is 0 Å². The van der Waals surface area contributed by atoms with Gasteiger partial charge in [0, 0.05) is 0 Å². The lowest BCUT2D eigenvalue weighted by atomic mass is 10.1. The molecule has 0 aliphatic heterocycles. The number of benzene rings is 1. The van der Waals surface area contributed by atoms with Gasteiger partial charge in [-0.25, -0.2) is 4.79 Å². The molecule has 0 saturated heterocycles. The third-order valence-electron chi connectivity index (χ3n) is 2.07. The minimum absolute atomic E-state index is 0.0260. The van der Waals surface area contributed by atoms with Gasteiger partial charge >= 0.3 is 18.4 Å². The zero-order valence-corrected chi connectivity index (χ0v) is 9.59. The van der Waals surface area contributed by atoms with Crippen molar-refractivity contribution in [3.05, 3.63) is 47.5 Å². The Balaban J connectivity index is 2.88. The molecule has 1 aromatic rings. The fourth-order valence-corrected chi connectivity index (χ4v) is 1.31. The molecule has 0 bridgehead atoms. The van der Waals surface area contributed by atoms with E-state index in [9.17, 15) is 18.0 Å². The number of esters is 1. The number of nitrogens with zero attached hydrogens (tertiary/aromatic N) is 2. The summed E-state index contributed by atoms with van der Waals surface area (Å²) in [5, 5.41) is 0. The number of carbonyl (C=O) groups is 1. The van der Waals surface area contributed by atoms with Crippen molar-refractivity contribution in [1.82, 2.24) is 0 Å². The van der Waals surface area contributed by atoms with Crippen LogP contribution in [0.4, 0.5) is 13.2 Å². The number of allylic oxidation sites excluding steroid dienone is 1. The number of halogens is 3. The van der Waals surface area contributed by atoms with E-state index in [1.54, 1.807) is 6.07 Å². The number of rotatable bonds is 4. The average Bonchev–Trinajstić information content (AvgIpc) is 2.34. The van der Waals surface area contributed by atoms with Crippen LogP contribution in [-0.2, 0) is 9.53 Å². The zero-order chi connectivity index (χ0) is 14.3. The van der Waals surface area contributed by atoms with Gasteiger partial charge in [-0.05, 0) is 11.6 Å². The lowest BCUT2D eigenvalue weighted by Crippen LogP contribution is -2.13. The summed E-state index contributed by atoms with van der Waals surface area (Å²) in [4.78, 5) is 13.2. The van der Waals surface area contributed by atoms with Crippen LogP contribution in [0, 0.1) is 0 Å². The van der Waals surface area contributed by atoms with Crippen LogP contribution in [0.1, 0.15) is 5.56 Å². The number of carbonyl (C=O) groups excluding carboxylic acids is 1. The molecule has 19 heavy (non-hydrogen) atoms. The minimum Gasteiger partial charge on any atom is -0.453 e. The molecule has 0 fully saturated rings. The predicted molar refractivity (Wildman–Crippen MR) is 61.1 cm³/mol.